The van der Waals surface area contributed by atoms with Crippen LogP contribution in [0.1, 0.15) is 96.7 Å². The van der Waals surface area contributed by atoms with Gasteiger partial charge in [0, 0.05) is 56.0 Å². The molecule has 1 atom stereocenters. The van der Waals surface area contributed by atoms with Gasteiger partial charge in [0.1, 0.15) is 0 Å². The van der Waals surface area contributed by atoms with Crippen LogP contribution in [0.2, 0.25) is 0 Å². The van der Waals surface area contributed by atoms with E-state index in [0.29, 0.717) is 5.92 Å². The normalized spacial score (nSPS) is 11.6. The lowest BCUT2D eigenvalue weighted by atomic mass is 9.88. The number of hydrogen-bond acceptors (Lipinski definition) is 6. The Labute approximate surface area is 256 Å². The van der Waals surface area contributed by atoms with Gasteiger partial charge in [-0.25, -0.2) is 0 Å². The van der Waals surface area contributed by atoms with Gasteiger partial charge in [0.15, 0.2) is 10.9 Å². The van der Waals surface area contributed by atoms with Crippen molar-refractivity contribution in [3.63, 3.8) is 0 Å². The number of benzene rings is 1. The third-order valence-electron chi connectivity index (χ3n) is 6.73. The molecule has 0 amide bonds. The van der Waals surface area contributed by atoms with Gasteiger partial charge in [0.2, 0.25) is 0 Å². The summed E-state index contributed by atoms with van der Waals surface area (Å²) in [7, 11) is 0. The fourth-order valence-corrected chi connectivity index (χ4v) is 6.68. The fourth-order valence-electron chi connectivity index (χ4n) is 4.35. The Hall–Kier alpha value is -2.12. The standard InChI is InChI=1S/C31H40O4S2.2C2H6/c1-22(20-32)10-4-5-11-25-16-23(34)18-29(36-25)27-13-6-7-14-28(27)30-19-24(35)17-26(37-30)12-8-9-15-31(2,3)21-33;2*1-2/h6-7,13-14,16-19,22,32-33H,4-5,8-12,15,20-21H2,1-3H3;2*1-2H3. The van der Waals surface area contributed by atoms with E-state index in [0.717, 1.165) is 82.0 Å². The zero-order valence-corrected chi connectivity index (χ0v) is 27.9. The van der Waals surface area contributed by atoms with Crippen molar-refractivity contribution in [1.82, 2.24) is 0 Å². The van der Waals surface area contributed by atoms with Crippen molar-refractivity contribution in [1.29, 1.82) is 0 Å². The second-order valence-corrected chi connectivity index (χ2v) is 13.2. The van der Waals surface area contributed by atoms with Gasteiger partial charge >= 0.3 is 0 Å². The predicted octanol–water partition coefficient (Wildman–Crippen LogP) is 8.99. The summed E-state index contributed by atoms with van der Waals surface area (Å²) in [6.45, 7) is 14.6. The summed E-state index contributed by atoms with van der Waals surface area (Å²) in [5, 5.41) is 18.7. The molecule has 41 heavy (non-hydrogen) atoms. The zero-order chi connectivity index (χ0) is 30.8. The van der Waals surface area contributed by atoms with Crippen LogP contribution in [0.5, 0.6) is 0 Å². The number of aliphatic hydroxyl groups is 2. The second-order valence-electron chi connectivity index (χ2n) is 10.9. The number of aliphatic hydroxyl groups excluding tert-OH is 2. The third kappa shape index (κ3) is 13.2. The summed E-state index contributed by atoms with van der Waals surface area (Å²) in [4.78, 5) is 29.2. The summed E-state index contributed by atoms with van der Waals surface area (Å²) in [6.07, 6.45) is 7.64. The molecular weight excluding hydrogens is 549 g/mol. The molecule has 1 aromatic carbocycles. The Morgan fingerprint density at radius 1 is 0.732 bits per heavy atom. The van der Waals surface area contributed by atoms with Gasteiger partial charge in [0.05, 0.1) is 0 Å². The summed E-state index contributed by atoms with van der Waals surface area (Å²) < 4.78 is 0. The predicted molar refractivity (Wildman–Crippen MR) is 181 cm³/mol. The first-order valence-electron chi connectivity index (χ1n) is 15.3. The highest BCUT2D eigenvalue weighted by atomic mass is 32.1. The Morgan fingerprint density at radius 3 is 1.63 bits per heavy atom. The maximum absolute atomic E-state index is 12.6. The van der Waals surface area contributed by atoms with E-state index in [1.807, 2.05) is 52.0 Å². The van der Waals surface area contributed by atoms with Crippen LogP contribution in [0.15, 0.2) is 58.1 Å². The van der Waals surface area contributed by atoms with E-state index < -0.39 is 0 Å². The minimum absolute atomic E-state index is 0.00767. The lowest BCUT2D eigenvalue weighted by molar-refractivity contribution is 0.147. The highest BCUT2D eigenvalue weighted by Gasteiger charge is 2.16. The Morgan fingerprint density at radius 2 is 1.20 bits per heavy atom. The van der Waals surface area contributed by atoms with Crippen molar-refractivity contribution in [2.75, 3.05) is 13.2 Å². The minimum atomic E-state index is -0.0676. The molecule has 3 rings (SSSR count). The molecule has 0 spiro atoms. The van der Waals surface area contributed by atoms with Crippen LogP contribution in [0.4, 0.5) is 0 Å². The van der Waals surface area contributed by atoms with E-state index in [9.17, 15) is 19.8 Å². The molecular formula is C35H52O4S2. The van der Waals surface area contributed by atoms with Gasteiger partial charge in [-0.05, 0) is 62.0 Å². The number of rotatable bonds is 14. The van der Waals surface area contributed by atoms with Crippen LogP contribution >= 0.6 is 22.7 Å². The molecule has 1 unspecified atom stereocenters. The molecule has 3 aromatic rings. The molecule has 0 radical (unpaired) electrons. The van der Waals surface area contributed by atoms with Crippen LogP contribution in [0.3, 0.4) is 0 Å². The monoisotopic (exact) mass is 600 g/mol. The molecule has 2 aromatic heterocycles. The quantitative estimate of drug-likeness (QED) is 0.181. The highest BCUT2D eigenvalue weighted by molar-refractivity contribution is 7.16. The van der Waals surface area contributed by atoms with Gasteiger partial charge in [0.25, 0.3) is 0 Å². The Kier molecular flexibility index (Phi) is 17.9. The number of hydrogen-bond donors (Lipinski definition) is 2. The van der Waals surface area contributed by atoms with Crippen LogP contribution in [-0.4, -0.2) is 23.4 Å². The molecule has 0 saturated carbocycles. The molecule has 0 saturated heterocycles. The van der Waals surface area contributed by atoms with Crippen molar-refractivity contribution < 1.29 is 10.2 Å². The average molecular weight is 601 g/mol. The van der Waals surface area contributed by atoms with Crippen molar-refractivity contribution in [3.8, 4) is 20.9 Å². The molecule has 2 heterocycles. The fraction of sp³-hybridized carbons (Fsp3) is 0.543. The largest absolute Gasteiger partial charge is 0.396 e. The maximum Gasteiger partial charge on any atom is 0.181 e. The van der Waals surface area contributed by atoms with E-state index in [4.69, 9.17) is 0 Å². The SMILES string of the molecule is CC.CC.CC(CO)CCCCc1cc(=O)cc(-c2ccccc2-c2cc(=O)cc(CCCCC(C)(C)CO)s2)s1. The number of unbranched alkanes of at least 4 members (excludes halogenated alkanes) is 2. The summed E-state index contributed by atoms with van der Waals surface area (Å²) in [5.74, 6) is 0.312. The lowest BCUT2D eigenvalue weighted by Gasteiger charge is -2.21. The van der Waals surface area contributed by atoms with Crippen molar-refractivity contribution in [3.05, 3.63) is 78.7 Å². The van der Waals surface area contributed by atoms with Crippen LogP contribution in [0.25, 0.3) is 20.9 Å². The highest BCUT2D eigenvalue weighted by Crippen LogP contribution is 2.37. The Bertz CT molecular complexity index is 1260. The lowest BCUT2D eigenvalue weighted by Crippen LogP contribution is -2.16. The molecule has 0 aliphatic carbocycles. The molecule has 6 heteroatoms. The molecule has 0 aliphatic heterocycles. The zero-order valence-electron chi connectivity index (χ0n) is 26.3. The van der Waals surface area contributed by atoms with E-state index in [1.54, 1.807) is 46.9 Å². The molecule has 2 N–H and O–H groups in total. The van der Waals surface area contributed by atoms with Gasteiger partial charge in [-0.3, -0.25) is 9.59 Å². The smallest absolute Gasteiger partial charge is 0.181 e. The molecule has 0 fully saturated rings. The van der Waals surface area contributed by atoms with E-state index in [-0.39, 0.29) is 29.5 Å². The van der Waals surface area contributed by atoms with E-state index >= 15 is 0 Å². The van der Waals surface area contributed by atoms with Gasteiger partial charge in [-0.1, -0.05) is 85.6 Å². The molecule has 0 bridgehead atoms. The third-order valence-corrected chi connectivity index (χ3v) is 9.01. The van der Waals surface area contributed by atoms with Crippen LogP contribution in [0, 0.1) is 11.3 Å². The first-order chi connectivity index (χ1) is 19.7. The molecule has 0 aliphatic rings. The van der Waals surface area contributed by atoms with E-state index in [2.05, 4.69) is 20.8 Å². The van der Waals surface area contributed by atoms with Gasteiger partial charge < -0.3 is 10.2 Å². The number of aryl methyl sites for hydroxylation is 2. The molecule has 4 nitrogen and oxygen atoms in total. The van der Waals surface area contributed by atoms with Crippen molar-refractivity contribution >= 4 is 22.7 Å². The van der Waals surface area contributed by atoms with Gasteiger partial charge in [-0.15, -0.1) is 22.7 Å². The van der Waals surface area contributed by atoms with Gasteiger partial charge in [-0.2, -0.15) is 0 Å². The summed E-state index contributed by atoms with van der Waals surface area (Å²) >= 11 is 3.30. The van der Waals surface area contributed by atoms with Crippen molar-refractivity contribution in [2.45, 2.75) is 99.8 Å². The topological polar surface area (TPSA) is 74.6 Å². The van der Waals surface area contributed by atoms with E-state index in [1.165, 1.54) is 0 Å². The van der Waals surface area contributed by atoms with Crippen molar-refractivity contribution in [2.24, 2.45) is 11.3 Å². The Balaban J connectivity index is 0.00000201. The average Bonchev–Trinajstić information content (AvgIpc) is 2.99. The molecule has 228 valence electrons. The van der Waals surface area contributed by atoms with Crippen LogP contribution in [-0.2, 0) is 12.8 Å². The first-order valence-corrected chi connectivity index (χ1v) is 16.9. The first kappa shape index (κ1) is 36.9. The maximum atomic E-state index is 12.6. The summed E-state index contributed by atoms with van der Waals surface area (Å²) in [5.41, 5.74) is 1.92. The van der Waals surface area contributed by atoms with Crippen LogP contribution < -0.4 is 10.9 Å². The second kappa shape index (κ2) is 19.9. The summed E-state index contributed by atoms with van der Waals surface area (Å²) in [6, 6.07) is 14.9. The minimum Gasteiger partial charge on any atom is -0.396 e.